The zero-order chi connectivity index (χ0) is 16.0. The predicted octanol–water partition coefficient (Wildman–Crippen LogP) is 3.38. The van der Waals surface area contributed by atoms with Crippen LogP contribution in [0.15, 0.2) is 36.7 Å². The second kappa shape index (κ2) is 5.28. The Balaban J connectivity index is 1.77. The maximum atomic E-state index is 12.3. The normalized spacial score (nSPS) is 22.4. The fraction of sp³-hybridized carbons (Fsp3) is 0.375. The Labute approximate surface area is 139 Å². The van der Waals surface area contributed by atoms with Crippen LogP contribution in [-0.4, -0.2) is 19.8 Å². The van der Waals surface area contributed by atoms with Crippen molar-refractivity contribution in [1.82, 2.24) is 14.9 Å². The molecule has 1 fully saturated rings. The van der Waals surface area contributed by atoms with Gasteiger partial charge in [-0.3, -0.25) is 4.79 Å². The van der Waals surface area contributed by atoms with Crippen LogP contribution in [0.3, 0.4) is 0 Å². The van der Waals surface area contributed by atoms with Gasteiger partial charge in [0, 0.05) is 18.9 Å². The highest BCUT2D eigenvalue weighted by Gasteiger charge is 2.67. The lowest BCUT2D eigenvalue weighted by atomic mass is 10.1. The van der Waals surface area contributed by atoms with Crippen LogP contribution in [0.1, 0.15) is 24.7 Å². The summed E-state index contributed by atoms with van der Waals surface area (Å²) in [6.45, 7) is 4.15. The summed E-state index contributed by atoms with van der Waals surface area (Å²) in [4.78, 5) is 16.5. The Morgan fingerprint density at radius 1 is 1.41 bits per heavy atom. The molecular weight excluding hydrogens is 321 g/mol. The van der Waals surface area contributed by atoms with Gasteiger partial charge in [-0.05, 0) is 31.9 Å². The number of para-hydroxylation sites is 1. The molecule has 1 aromatic carbocycles. The Morgan fingerprint density at radius 3 is 2.68 bits per heavy atom. The number of halogens is 2. The number of hydrogen-bond acceptors (Lipinski definition) is 2. The van der Waals surface area contributed by atoms with Crippen molar-refractivity contribution in [3.8, 4) is 5.69 Å². The summed E-state index contributed by atoms with van der Waals surface area (Å²) < 4.78 is 1.05. The standard InChI is InChI=1S/C16H17Cl2N3O/c1-11-19-7-8-21(11)13-6-4-3-5-12(13)9-20-14(22)15(2)10-16(15,17)18/h3-8H,9-10H2,1-2H3,(H,20,22)/t15-/m0/s1. The summed E-state index contributed by atoms with van der Waals surface area (Å²) in [6.07, 6.45) is 4.14. The zero-order valence-corrected chi connectivity index (χ0v) is 13.9. The van der Waals surface area contributed by atoms with Gasteiger partial charge >= 0.3 is 0 Å². The number of aryl methyl sites for hydroxylation is 1. The zero-order valence-electron chi connectivity index (χ0n) is 12.4. The number of nitrogens with zero attached hydrogens (tertiary/aromatic N) is 2. The first-order chi connectivity index (χ1) is 10.3. The van der Waals surface area contributed by atoms with Crippen LogP contribution < -0.4 is 5.32 Å². The highest BCUT2D eigenvalue weighted by atomic mass is 35.5. The maximum absolute atomic E-state index is 12.3. The summed E-state index contributed by atoms with van der Waals surface area (Å²) in [6, 6.07) is 7.90. The van der Waals surface area contributed by atoms with Gasteiger partial charge in [-0.15, -0.1) is 23.2 Å². The van der Waals surface area contributed by atoms with Gasteiger partial charge in [-0.25, -0.2) is 4.98 Å². The first-order valence-corrected chi connectivity index (χ1v) is 7.85. The molecule has 1 heterocycles. The number of amides is 1. The second-order valence-electron chi connectivity index (χ2n) is 5.87. The number of nitrogens with one attached hydrogen (secondary N) is 1. The number of carbonyl (C=O) groups excluding carboxylic acids is 1. The van der Waals surface area contributed by atoms with Gasteiger partial charge in [0.2, 0.25) is 5.91 Å². The molecule has 116 valence electrons. The van der Waals surface area contributed by atoms with E-state index >= 15 is 0 Å². The molecule has 1 saturated carbocycles. The summed E-state index contributed by atoms with van der Waals surface area (Å²) in [5, 5.41) is 2.94. The number of hydrogen-bond donors (Lipinski definition) is 1. The predicted molar refractivity (Wildman–Crippen MR) is 87.3 cm³/mol. The largest absolute Gasteiger partial charge is 0.351 e. The van der Waals surface area contributed by atoms with Crippen molar-refractivity contribution in [1.29, 1.82) is 0 Å². The second-order valence-corrected chi connectivity index (χ2v) is 7.35. The molecule has 4 nitrogen and oxygen atoms in total. The van der Waals surface area contributed by atoms with Gasteiger partial charge in [0.1, 0.15) is 10.2 Å². The molecule has 0 radical (unpaired) electrons. The average Bonchev–Trinajstić information content (AvgIpc) is 2.82. The van der Waals surface area contributed by atoms with Crippen molar-refractivity contribution in [3.63, 3.8) is 0 Å². The minimum atomic E-state index is -0.947. The van der Waals surface area contributed by atoms with Crippen molar-refractivity contribution in [2.75, 3.05) is 0 Å². The molecule has 0 aliphatic heterocycles. The van der Waals surface area contributed by atoms with Crippen LogP contribution in [0.2, 0.25) is 0 Å². The maximum Gasteiger partial charge on any atom is 0.229 e. The van der Waals surface area contributed by atoms with E-state index in [-0.39, 0.29) is 5.91 Å². The van der Waals surface area contributed by atoms with Gasteiger partial charge in [0.05, 0.1) is 11.1 Å². The lowest BCUT2D eigenvalue weighted by molar-refractivity contribution is -0.125. The van der Waals surface area contributed by atoms with Crippen LogP contribution in [-0.2, 0) is 11.3 Å². The van der Waals surface area contributed by atoms with E-state index in [0.29, 0.717) is 13.0 Å². The van der Waals surface area contributed by atoms with E-state index in [1.54, 1.807) is 13.1 Å². The van der Waals surface area contributed by atoms with Crippen molar-refractivity contribution in [2.24, 2.45) is 5.41 Å². The molecule has 1 amide bonds. The third-order valence-corrected chi connectivity index (χ3v) is 5.38. The highest BCUT2D eigenvalue weighted by molar-refractivity contribution is 6.53. The Morgan fingerprint density at radius 2 is 2.09 bits per heavy atom. The first kappa shape index (κ1) is 15.4. The van der Waals surface area contributed by atoms with E-state index in [4.69, 9.17) is 23.2 Å². The molecule has 0 bridgehead atoms. The molecule has 1 aliphatic carbocycles. The van der Waals surface area contributed by atoms with E-state index in [0.717, 1.165) is 17.1 Å². The lowest BCUT2D eigenvalue weighted by Gasteiger charge is -2.15. The number of rotatable bonds is 4. The Hall–Kier alpha value is -1.52. The minimum Gasteiger partial charge on any atom is -0.351 e. The molecule has 6 heteroatoms. The number of benzene rings is 1. The average molecular weight is 338 g/mol. The third-order valence-electron chi connectivity index (χ3n) is 4.28. The van der Waals surface area contributed by atoms with Gasteiger partial charge in [-0.1, -0.05) is 18.2 Å². The Bertz CT molecular complexity index is 726. The van der Waals surface area contributed by atoms with Gasteiger partial charge < -0.3 is 9.88 Å². The SMILES string of the molecule is Cc1nccn1-c1ccccc1CNC(=O)[C@]1(C)CC1(Cl)Cl. The minimum absolute atomic E-state index is 0.116. The Kier molecular flexibility index (Phi) is 3.69. The number of imidazole rings is 1. The van der Waals surface area contributed by atoms with Crippen molar-refractivity contribution in [2.45, 2.75) is 31.1 Å². The molecule has 1 aliphatic rings. The molecule has 2 aromatic rings. The van der Waals surface area contributed by atoms with Crippen LogP contribution in [0.4, 0.5) is 0 Å². The molecule has 0 spiro atoms. The number of carbonyl (C=O) groups is 1. The van der Waals surface area contributed by atoms with E-state index in [9.17, 15) is 4.79 Å². The molecule has 1 N–H and O–H groups in total. The van der Waals surface area contributed by atoms with Gasteiger partial charge in [0.25, 0.3) is 0 Å². The monoisotopic (exact) mass is 337 g/mol. The van der Waals surface area contributed by atoms with Gasteiger partial charge in [-0.2, -0.15) is 0 Å². The summed E-state index contributed by atoms with van der Waals surface area (Å²) in [7, 11) is 0. The van der Waals surface area contributed by atoms with E-state index < -0.39 is 9.75 Å². The van der Waals surface area contributed by atoms with Crippen LogP contribution in [0.25, 0.3) is 5.69 Å². The highest BCUT2D eigenvalue weighted by Crippen LogP contribution is 2.63. The smallest absolute Gasteiger partial charge is 0.229 e. The fourth-order valence-electron chi connectivity index (χ4n) is 2.54. The summed E-state index contributed by atoms with van der Waals surface area (Å²) >= 11 is 12.1. The van der Waals surface area contributed by atoms with Crippen LogP contribution >= 0.6 is 23.2 Å². The summed E-state index contributed by atoms with van der Waals surface area (Å²) in [5.41, 5.74) is 1.31. The topological polar surface area (TPSA) is 46.9 Å². The van der Waals surface area contributed by atoms with E-state index in [2.05, 4.69) is 10.3 Å². The third kappa shape index (κ3) is 2.50. The molecule has 1 aromatic heterocycles. The van der Waals surface area contributed by atoms with Crippen molar-refractivity contribution in [3.05, 3.63) is 48.0 Å². The number of aromatic nitrogens is 2. The summed E-state index contributed by atoms with van der Waals surface area (Å²) in [5.74, 6) is 0.781. The first-order valence-electron chi connectivity index (χ1n) is 7.09. The molecular formula is C16H17Cl2N3O. The van der Waals surface area contributed by atoms with Crippen LogP contribution in [0, 0.1) is 12.3 Å². The van der Waals surface area contributed by atoms with Crippen molar-refractivity contribution < 1.29 is 4.79 Å². The van der Waals surface area contributed by atoms with Crippen LogP contribution in [0.5, 0.6) is 0 Å². The fourth-order valence-corrected chi connectivity index (χ4v) is 3.25. The van der Waals surface area contributed by atoms with Crippen molar-refractivity contribution >= 4 is 29.1 Å². The molecule has 0 saturated heterocycles. The molecule has 3 rings (SSSR count). The van der Waals surface area contributed by atoms with Gasteiger partial charge in [0.15, 0.2) is 0 Å². The van der Waals surface area contributed by atoms with E-state index in [1.807, 2.05) is 42.0 Å². The lowest BCUT2D eigenvalue weighted by Crippen LogP contribution is -2.33. The molecule has 0 unspecified atom stereocenters. The molecule has 1 atom stereocenters. The van der Waals surface area contributed by atoms with E-state index in [1.165, 1.54) is 0 Å². The quantitative estimate of drug-likeness (QED) is 0.869. The number of alkyl halides is 2. The molecule has 22 heavy (non-hydrogen) atoms.